The first-order chi connectivity index (χ1) is 8.52. The van der Waals surface area contributed by atoms with E-state index in [0.29, 0.717) is 11.4 Å². The minimum atomic E-state index is -0.524. The number of carbonyl (C=O) groups excluding carboxylic acids is 2. The van der Waals surface area contributed by atoms with Gasteiger partial charge < -0.3 is 15.8 Å². The first-order valence-electron chi connectivity index (χ1n) is 5.53. The van der Waals surface area contributed by atoms with Gasteiger partial charge in [0.05, 0.1) is 13.0 Å². The third-order valence-electron chi connectivity index (χ3n) is 2.27. The number of urea groups is 1. The number of nitrogen functional groups attached to an aromatic ring is 1. The minimum Gasteiger partial charge on any atom is -0.493 e. The average molecular weight is 251 g/mol. The normalized spacial score (nSPS) is 9.67. The smallest absolute Gasteiger partial charge is 0.321 e. The molecule has 0 heterocycles. The van der Waals surface area contributed by atoms with Gasteiger partial charge in [0.1, 0.15) is 5.75 Å². The lowest BCUT2D eigenvalue weighted by Crippen LogP contribution is -2.37. The van der Waals surface area contributed by atoms with E-state index in [2.05, 4.69) is 10.6 Å². The number of hydrogen-bond acceptors (Lipinski definition) is 4. The summed E-state index contributed by atoms with van der Waals surface area (Å²) in [4.78, 5) is 22.1. The number of carbonyl (C=O) groups is 2. The van der Waals surface area contributed by atoms with E-state index < -0.39 is 6.03 Å². The molecule has 0 aromatic heterocycles. The fourth-order valence-corrected chi connectivity index (χ4v) is 1.34. The zero-order valence-electron chi connectivity index (χ0n) is 10.4. The molecule has 0 spiro atoms. The number of nitrogens with two attached hydrogens (primary N) is 1. The Balaban J connectivity index is 2.37. The summed E-state index contributed by atoms with van der Waals surface area (Å²) in [5.74, 6) is 0.291. The number of amides is 3. The van der Waals surface area contributed by atoms with Crippen molar-refractivity contribution < 1.29 is 14.3 Å². The average Bonchev–Trinajstić information content (AvgIpc) is 2.31. The standard InChI is InChI=1S/C12H17N3O3/c1-8-7-9(13)3-4-10(8)18-6-5-11(16)15-12(17)14-2/h3-4,7H,5-6,13H2,1-2H3,(H2,14,15,16,17). The Bertz CT molecular complexity index is 446. The van der Waals surface area contributed by atoms with Gasteiger partial charge in [0.25, 0.3) is 0 Å². The topological polar surface area (TPSA) is 93.5 Å². The van der Waals surface area contributed by atoms with E-state index in [1.54, 1.807) is 18.2 Å². The summed E-state index contributed by atoms with van der Waals surface area (Å²) in [5, 5.41) is 4.44. The molecule has 18 heavy (non-hydrogen) atoms. The number of benzene rings is 1. The number of imide groups is 1. The summed E-state index contributed by atoms with van der Waals surface area (Å²) in [6, 6.07) is 4.75. The van der Waals surface area contributed by atoms with Crippen molar-refractivity contribution in [2.75, 3.05) is 19.4 Å². The first-order valence-corrected chi connectivity index (χ1v) is 5.53. The second kappa shape index (κ2) is 6.48. The van der Waals surface area contributed by atoms with E-state index in [9.17, 15) is 9.59 Å². The molecule has 0 fully saturated rings. The van der Waals surface area contributed by atoms with Gasteiger partial charge in [0.15, 0.2) is 0 Å². The number of aryl methyl sites for hydroxylation is 1. The van der Waals surface area contributed by atoms with Gasteiger partial charge in [-0.1, -0.05) is 0 Å². The SMILES string of the molecule is CNC(=O)NC(=O)CCOc1ccc(N)cc1C. The molecule has 4 N–H and O–H groups in total. The van der Waals surface area contributed by atoms with E-state index in [4.69, 9.17) is 10.5 Å². The van der Waals surface area contributed by atoms with E-state index >= 15 is 0 Å². The first kappa shape index (κ1) is 13.8. The Labute approximate surface area is 105 Å². The molecule has 6 heteroatoms. The Morgan fingerprint density at radius 1 is 1.39 bits per heavy atom. The van der Waals surface area contributed by atoms with Crippen LogP contribution < -0.4 is 21.1 Å². The van der Waals surface area contributed by atoms with Gasteiger partial charge in [0.2, 0.25) is 5.91 Å². The van der Waals surface area contributed by atoms with Crippen molar-refractivity contribution in [1.29, 1.82) is 0 Å². The summed E-state index contributed by atoms with van der Waals surface area (Å²) in [7, 11) is 1.44. The number of hydrogen-bond donors (Lipinski definition) is 3. The molecular weight excluding hydrogens is 234 g/mol. The van der Waals surface area contributed by atoms with Crippen molar-refractivity contribution >= 4 is 17.6 Å². The predicted octanol–water partition coefficient (Wildman–Crippen LogP) is 0.802. The summed E-state index contributed by atoms with van der Waals surface area (Å²) >= 11 is 0. The van der Waals surface area contributed by atoms with Crippen LogP contribution >= 0.6 is 0 Å². The van der Waals surface area contributed by atoms with Gasteiger partial charge in [-0.15, -0.1) is 0 Å². The highest BCUT2D eigenvalue weighted by Crippen LogP contribution is 2.20. The third-order valence-corrected chi connectivity index (χ3v) is 2.27. The van der Waals surface area contributed by atoms with Gasteiger partial charge in [-0.05, 0) is 30.7 Å². The van der Waals surface area contributed by atoms with E-state index in [1.807, 2.05) is 6.92 Å². The highest BCUT2D eigenvalue weighted by atomic mass is 16.5. The third kappa shape index (κ3) is 4.32. The van der Waals surface area contributed by atoms with Gasteiger partial charge in [0, 0.05) is 12.7 Å². The molecule has 0 atom stereocenters. The van der Waals surface area contributed by atoms with Crippen LogP contribution in [-0.4, -0.2) is 25.6 Å². The van der Waals surface area contributed by atoms with Crippen LogP contribution in [0, 0.1) is 6.92 Å². The molecule has 0 bridgehead atoms. The fraction of sp³-hybridized carbons (Fsp3) is 0.333. The summed E-state index contributed by atoms with van der Waals surface area (Å²) in [5.41, 5.74) is 7.18. The molecule has 0 aliphatic carbocycles. The summed E-state index contributed by atoms with van der Waals surface area (Å²) in [6.07, 6.45) is 0.108. The van der Waals surface area contributed by atoms with Crippen LogP contribution in [0.4, 0.5) is 10.5 Å². The second-order valence-corrected chi connectivity index (χ2v) is 3.75. The lowest BCUT2D eigenvalue weighted by atomic mass is 10.2. The van der Waals surface area contributed by atoms with Crippen molar-refractivity contribution in [1.82, 2.24) is 10.6 Å². The lowest BCUT2D eigenvalue weighted by molar-refractivity contribution is -0.120. The van der Waals surface area contributed by atoms with Crippen molar-refractivity contribution in [3.63, 3.8) is 0 Å². The lowest BCUT2D eigenvalue weighted by Gasteiger charge is -2.09. The van der Waals surface area contributed by atoms with Crippen LogP contribution in [0.2, 0.25) is 0 Å². The molecule has 6 nitrogen and oxygen atoms in total. The van der Waals surface area contributed by atoms with Crippen molar-refractivity contribution in [3.8, 4) is 5.75 Å². The van der Waals surface area contributed by atoms with Gasteiger partial charge in [-0.3, -0.25) is 10.1 Å². The fourth-order valence-electron chi connectivity index (χ4n) is 1.34. The molecular formula is C12H17N3O3. The number of nitrogens with one attached hydrogen (secondary N) is 2. The van der Waals surface area contributed by atoms with Gasteiger partial charge >= 0.3 is 6.03 Å². The molecule has 0 aliphatic rings. The number of anilines is 1. The maximum Gasteiger partial charge on any atom is 0.321 e. The molecule has 3 amide bonds. The Morgan fingerprint density at radius 3 is 2.72 bits per heavy atom. The van der Waals surface area contributed by atoms with Crippen LogP contribution in [0.3, 0.4) is 0 Å². The zero-order valence-corrected chi connectivity index (χ0v) is 10.4. The monoisotopic (exact) mass is 251 g/mol. The number of rotatable bonds is 4. The molecule has 0 unspecified atom stereocenters. The maximum atomic E-state index is 11.3. The van der Waals surface area contributed by atoms with Gasteiger partial charge in [-0.2, -0.15) is 0 Å². The Morgan fingerprint density at radius 2 is 2.11 bits per heavy atom. The van der Waals surface area contributed by atoms with Crippen molar-refractivity contribution in [2.24, 2.45) is 0 Å². The summed E-state index contributed by atoms with van der Waals surface area (Å²) < 4.78 is 5.43. The molecule has 98 valence electrons. The molecule has 0 radical (unpaired) electrons. The Hall–Kier alpha value is -2.24. The van der Waals surface area contributed by atoms with Gasteiger partial charge in [-0.25, -0.2) is 4.79 Å². The molecule has 1 aromatic carbocycles. The maximum absolute atomic E-state index is 11.3. The summed E-state index contributed by atoms with van der Waals surface area (Å²) in [6.45, 7) is 2.07. The van der Waals surface area contributed by atoms with E-state index in [1.165, 1.54) is 7.05 Å². The molecule has 1 rings (SSSR count). The Kier molecular flexibility index (Phi) is 4.98. The van der Waals surface area contributed by atoms with E-state index in [-0.39, 0.29) is 18.9 Å². The van der Waals surface area contributed by atoms with Crippen LogP contribution in [0.5, 0.6) is 5.75 Å². The molecule has 1 aromatic rings. The van der Waals surface area contributed by atoms with Crippen molar-refractivity contribution in [2.45, 2.75) is 13.3 Å². The van der Waals surface area contributed by atoms with Crippen LogP contribution in [0.1, 0.15) is 12.0 Å². The predicted molar refractivity (Wildman–Crippen MR) is 68.3 cm³/mol. The molecule has 0 saturated heterocycles. The second-order valence-electron chi connectivity index (χ2n) is 3.75. The molecule has 0 aliphatic heterocycles. The highest BCUT2D eigenvalue weighted by Gasteiger charge is 2.06. The van der Waals surface area contributed by atoms with Crippen LogP contribution in [-0.2, 0) is 4.79 Å². The van der Waals surface area contributed by atoms with Crippen LogP contribution in [0.15, 0.2) is 18.2 Å². The minimum absolute atomic E-state index is 0.108. The van der Waals surface area contributed by atoms with Crippen molar-refractivity contribution in [3.05, 3.63) is 23.8 Å². The highest BCUT2D eigenvalue weighted by molar-refractivity contribution is 5.94. The zero-order chi connectivity index (χ0) is 13.5. The van der Waals surface area contributed by atoms with Crippen LogP contribution in [0.25, 0.3) is 0 Å². The largest absolute Gasteiger partial charge is 0.493 e. The number of ether oxygens (including phenoxy) is 1. The molecule has 0 saturated carbocycles. The quantitative estimate of drug-likeness (QED) is 0.690. The van der Waals surface area contributed by atoms with E-state index in [0.717, 1.165) is 5.56 Å².